The van der Waals surface area contributed by atoms with E-state index in [9.17, 15) is 26.7 Å². The minimum atomic E-state index is -5.89. The van der Waals surface area contributed by atoms with E-state index < -0.39 is 24.6 Å². The van der Waals surface area contributed by atoms with E-state index in [-0.39, 0.29) is 6.61 Å². The summed E-state index contributed by atoms with van der Waals surface area (Å²) in [4.78, 5) is 12.4. The topological polar surface area (TPSA) is 41.6 Å². The van der Waals surface area contributed by atoms with E-state index in [1.165, 1.54) is 5.32 Å². The van der Waals surface area contributed by atoms with Crippen molar-refractivity contribution in [3.05, 3.63) is 0 Å². The number of carbonyl (C=O) groups excluding carboxylic acids is 1. The highest BCUT2D eigenvalue weighted by Gasteiger charge is 2.63. The van der Waals surface area contributed by atoms with Gasteiger partial charge >= 0.3 is 12.1 Å². The first kappa shape index (κ1) is 17.0. The lowest BCUT2D eigenvalue weighted by molar-refractivity contribution is -0.269. The van der Waals surface area contributed by atoms with Gasteiger partial charge in [0.25, 0.3) is 5.91 Å². The minimum Gasteiger partial charge on any atom is -0.378 e. The van der Waals surface area contributed by atoms with Crippen LogP contribution in [0.1, 0.15) is 0 Å². The second-order valence-corrected chi connectivity index (χ2v) is 3.74. The maximum absolute atomic E-state index is 12.4. The summed E-state index contributed by atoms with van der Waals surface area (Å²) in [5.41, 5.74) is 0. The zero-order valence-corrected chi connectivity index (χ0v) is 9.98. The van der Waals surface area contributed by atoms with Gasteiger partial charge in [-0.15, -0.1) is 0 Å². The molecule has 1 N–H and O–H groups in total. The van der Waals surface area contributed by atoms with Gasteiger partial charge in [-0.25, -0.2) is 0 Å². The number of amides is 1. The van der Waals surface area contributed by atoms with Crippen molar-refractivity contribution in [1.82, 2.24) is 10.2 Å². The van der Waals surface area contributed by atoms with Crippen molar-refractivity contribution in [3.63, 3.8) is 0 Å². The van der Waals surface area contributed by atoms with Crippen molar-refractivity contribution >= 4 is 5.91 Å². The molecule has 0 aromatic rings. The predicted octanol–water partition coefficient (Wildman–Crippen LogP) is 0.878. The molecule has 0 aliphatic carbocycles. The second-order valence-electron chi connectivity index (χ2n) is 3.74. The Labute approximate surface area is 101 Å². The van der Waals surface area contributed by atoms with E-state index in [0.29, 0.717) is 13.2 Å². The van der Waals surface area contributed by atoms with Crippen LogP contribution in [0.2, 0.25) is 0 Å². The van der Waals surface area contributed by atoms with Crippen molar-refractivity contribution in [1.29, 1.82) is 0 Å². The first-order chi connectivity index (χ1) is 8.09. The van der Waals surface area contributed by atoms with Crippen LogP contribution in [0, 0.1) is 0 Å². The number of nitrogens with zero attached hydrogens (tertiary/aromatic N) is 1. The largest absolute Gasteiger partial charge is 0.463 e. The molecule has 9 heteroatoms. The van der Waals surface area contributed by atoms with Gasteiger partial charge in [-0.05, 0) is 14.1 Å². The Balaban J connectivity index is 3.85. The summed E-state index contributed by atoms with van der Waals surface area (Å²) in [7, 11) is 3.57. The Morgan fingerprint density at radius 2 is 1.72 bits per heavy atom. The number of halogens is 5. The molecule has 0 bridgehead atoms. The van der Waals surface area contributed by atoms with Gasteiger partial charge < -0.3 is 15.0 Å². The number of likely N-dealkylation sites (N-methyl/N-ethyl adjacent to an activating group) is 1. The van der Waals surface area contributed by atoms with Gasteiger partial charge in [-0.1, -0.05) is 0 Å². The standard InChI is InChI=1S/C9H15F5N2O2/c1-16(2)4-6-18-5-3-15-7(17)8(10,11)9(12,13)14/h3-6H2,1-2H3,(H,15,17). The highest BCUT2D eigenvalue weighted by Crippen LogP contribution is 2.35. The van der Waals surface area contributed by atoms with Crippen LogP contribution in [0.4, 0.5) is 22.0 Å². The Bertz CT molecular complexity index is 268. The molecule has 1 amide bonds. The molecule has 0 saturated heterocycles. The third-order valence-electron chi connectivity index (χ3n) is 1.86. The second kappa shape index (κ2) is 6.83. The summed E-state index contributed by atoms with van der Waals surface area (Å²) in [6.07, 6.45) is -5.89. The molecule has 0 aliphatic rings. The van der Waals surface area contributed by atoms with Gasteiger partial charge in [0.15, 0.2) is 0 Å². The fourth-order valence-electron chi connectivity index (χ4n) is 0.826. The fourth-order valence-corrected chi connectivity index (χ4v) is 0.826. The Hall–Kier alpha value is -0.960. The van der Waals surface area contributed by atoms with Crippen LogP contribution in [0.25, 0.3) is 0 Å². The predicted molar refractivity (Wildman–Crippen MR) is 53.4 cm³/mol. The number of nitrogens with one attached hydrogen (secondary N) is 1. The molecule has 108 valence electrons. The fraction of sp³-hybridized carbons (Fsp3) is 0.889. The van der Waals surface area contributed by atoms with E-state index in [1.807, 2.05) is 0 Å². The lowest BCUT2D eigenvalue weighted by Gasteiger charge is -2.18. The van der Waals surface area contributed by atoms with E-state index in [4.69, 9.17) is 4.74 Å². The molecule has 4 nitrogen and oxygen atoms in total. The number of alkyl halides is 5. The highest BCUT2D eigenvalue weighted by atomic mass is 19.4. The summed E-state index contributed by atoms with van der Waals surface area (Å²) < 4.78 is 65.0. The molecule has 18 heavy (non-hydrogen) atoms. The smallest absolute Gasteiger partial charge is 0.378 e. The van der Waals surface area contributed by atoms with Crippen molar-refractivity contribution in [2.75, 3.05) is 40.4 Å². The van der Waals surface area contributed by atoms with Crippen LogP contribution in [0.3, 0.4) is 0 Å². The van der Waals surface area contributed by atoms with Crippen LogP contribution < -0.4 is 5.32 Å². The molecule has 0 saturated carbocycles. The molecule has 0 unspecified atom stereocenters. The number of rotatable bonds is 7. The summed E-state index contributed by atoms with van der Waals surface area (Å²) >= 11 is 0. The molecule has 0 fully saturated rings. The number of hydrogen-bond donors (Lipinski definition) is 1. The number of carbonyl (C=O) groups is 1. The Morgan fingerprint density at radius 3 is 2.17 bits per heavy atom. The van der Waals surface area contributed by atoms with Crippen molar-refractivity contribution in [2.24, 2.45) is 0 Å². The van der Waals surface area contributed by atoms with E-state index in [0.717, 1.165) is 0 Å². The zero-order chi connectivity index (χ0) is 14.4. The average molecular weight is 278 g/mol. The Morgan fingerprint density at radius 1 is 1.17 bits per heavy atom. The number of ether oxygens (including phenoxy) is 1. The molecule has 0 aromatic carbocycles. The Kier molecular flexibility index (Phi) is 6.47. The molecule has 0 aliphatic heterocycles. The summed E-state index contributed by atoms with van der Waals surface area (Å²) in [6.45, 7) is 0.330. The molecule has 0 aromatic heterocycles. The zero-order valence-electron chi connectivity index (χ0n) is 9.98. The molecule has 0 spiro atoms. The maximum atomic E-state index is 12.4. The average Bonchev–Trinajstić information content (AvgIpc) is 2.20. The van der Waals surface area contributed by atoms with Crippen LogP contribution >= 0.6 is 0 Å². The lowest BCUT2D eigenvalue weighted by Crippen LogP contribution is -2.51. The normalized spacial score (nSPS) is 12.9. The van der Waals surface area contributed by atoms with Crippen molar-refractivity contribution in [3.8, 4) is 0 Å². The third-order valence-corrected chi connectivity index (χ3v) is 1.86. The molecule has 0 radical (unpaired) electrons. The quantitative estimate of drug-likeness (QED) is 0.555. The molecular formula is C9H15F5N2O2. The molecule has 0 heterocycles. The van der Waals surface area contributed by atoms with Gasteiger partial charge in [0.2, 0.25) is 0 Å². The van der Waals surface area contributed by atoms with Gasteiger partial charge in [0, 0.05) is 13.1 Å². The maximum Gasteiger partial charge on any atom is 0.463 e. The lowest BCUT2D eigenvalue weighted by atomic mass is 10.3. The first-order valence-electron chi connectivity index (χ1n) is 5.04. The SMILES string of the molecule is CN(C)CCOCCNC(=O)C(F)(F)C(F)(F)F. The van der Waals surface area contributed by atoms with Gasteiger partial charge in [-0.2, -0.15) is 22.0 Å². The van der Waals surface area contributed by atoms with E-state index >= 15 is 0 Å². The van der Waals surface area contributed by atoms with E-state index in [2.05, 4.69) is 0 Å². The van der Waals surface area contributed by atoms with Crippen LogP contribution in [0.5, 0.6) is 0 Å². The van der Waals surface area contributed by atoms with Crippen LogP contribution in [0.15, 0.2) is 0 Å². The van der Waals surface area contributed by atoms with Crippen LogP contribution in [-0.2, 0) is 9.53 Å². The number of hydrogen-bond acceptors (Lipinski definition) is 3. The van der Waals surface area contributed by atoms with Crippen molar-refractivity contribution in [2.45, 2.75) is 12.1 Å². The minimum absolute atomic E-state index is 0.131. The monoisotopic (exact) mass is 278 g/mol. The summed E-state index contributed by atoms with van der Waals surface area (Å²) in [6, 6.07) is 0. The molecular weight excluding hydrogens is 263 g/mol. The van der Waals surface area contributed by atoms with Crippen LogP contribution in [-0.4, -0.2) is 63.3 Å². The van der Waals surface area contributed by atoms with Crippen molar-refractivity contribution < 1.29 is 31.5 Å². The van der Waals surface area contributed by atoms with Gasteiger partial charge in [0.05, 0.1) is 13.2 Å². The highest BCUT2D eigenvalue weighted by molar-refractivity contribution is 5.84. The summed E-state index contributed by atoms with van der Waals surface area (Å²) in [5, 5.41) is 1.47. The van der Waals surface area contributed by atoms with E-state index in [1.54, 1.807) is 19.0 Å². The third kappa shape index (κ3) is 5.58. The van der Waals surface area contributed by atoms with Gasteiger partial charge in [-0.3, -0.25) is 4.79 Å². The summed E-state index contributed by atoms with van der Waals surface area (Å²) in [5.74, 6) is -7.75. The first-order valence-corrected chi connectivity index (χ1v) is 5.04. The molecule has 0 atom stereocenters. The van der Waals surface area contributed by atoms with Gasteiger partial charge in [0.1, 0.15) is 0 Å². The molecule has 0 rings (SSSR count).